The van der Waals surface area contributed by atoms with E-state index in [-0.39, 0.29) is 0 Å². The van der Waals surface area contributed by atoms with Crippen LogP contribution in [0.15, 0.2) is 0 Å². The molecular formula is C15H30N2O. The Balaban J connectivity index is 1.75. The van der Waals surface area contributed by atoms with Crippen molar-refractivity contribution in [3.05, 3.63) is 0 Å². The van der Waals surface area contributed by atoms with Gasteiger partial charge >= 0.3 is 0 Å². The summed E-state index contributed by atoms with van der Waals surface area (Å²) in [5.74, 6) is 0.992. The van der Waals surface area contributed by atoms with Crippen LogP contribution in [-0.2, 0) is 4.74 Å². The van der Waals surface area contributed by atoms with Crippen molar-refractivity contribution in [3.63, 3.8) is 0 Å². The molecule has 0 spiro atoms. The molecule has 1 aliphatic carbocycles. The van der Waals surface area contributed by atoms with Crippen LogP contribution in [0.4, 0.5) is 0 Å². The topological polar surface area (TPSA) is 24.5 Å². The van der Waals surface area contributed by atoms with Crippen molar-refractivity contribution in [1.82, 2.24) is 10.2 Å². The highest BCUT2D eigenvalue weighted by Gasteiger charge is 2.27. The van der Waals surface area contributed by atoms with Crippen LogP contribution in [0.2, 0.25) is 0 Å². The third-order valence-corrected chi connectivity index (χ3v) is 4.81. The zero-order chi connectivity index (χ0) is 12.8. The minimum atomic E-state index is 0.394. The van der Waals surface area contributed by atoms with Crippen LogP contribution < -0.4 is 5.32 Å². The molecule has 0 aromatic rings. The number of nitrogens with one attached hydrogen (secondary N) is 1. The third-order valence-electron chi connectivity index (χ3n) is 4.81. The van der Waals surface area contributed by atoms with E-state index in [2.05, 4.69) is 24.2 Å². The highest BCUT2D eigenvalue weighted by molar-refractivity contribution is 4.83. The lowest BCUT2D eigenvalue weighted by molar-refractivity contribution is -0.0457. The van der Waals surface area contributed by atoms with Gasteiger partial charge in [0.15, 0.2) is 0 Å². The Morgan fingerprint density at radius 3 is 2.78 bits per heavy atom. The average Bonchev–Trinajstić information content (AvgIpc) is 2.93. The molecule has 3 heteroatoms. The number of hydrogen-bond donors (Lipinski definition) is 1. The molecule has 0 aromatic heterocycles. The Labute approximate surface area is 112 Å². The molecule has 2 atom stereocenters. The van der Waals surface area contributed by atoms with Gasteiger partial charge in [-0.25, -0.2) is 0 Å². The fourth-order valence-electron chi connectivity index (χ4n) is 3.49. The van der Waals surface area contributed by atoms with E-state index >= 15 is 0 Å². The number of morpholine rings is 1. The Hall–Kier alpha value is -0.120. The summed E-state index contributed by atoms with van der Waals surface area (Å²) in [5, 5.41) is 3.49. The Morgan fingerprint density at radius 2 is 2.11 bits per heavy atom. The first-order valence-electron chi connectivity index (χ1n) is 7.84. The molecule has 0 bridgehead atoms. The van der Waals surface area contributed by atoms with Gasteiger partial charge in [0, 0.05) is 19.1 Å². The Kier molecular flexibility index (Phi) is 5.93. The van der Waals surface area contributed by atoms with Gasteiger partial charge in [-0.1, -0.05) is 32.6 Å². The van der Waals surface area contributed by atoms with Gasteiger partial charge in [-0.15, -0.1) is 0 Å². The molecule has 1 aliphatic heterocycles. The Bertz CT molecular complexity index is 229. The normalized spacial score (nSPS) is 28.7. The number of likely N-dealkylation sites (N-methyl/N-ethyl adjacent to an activating group) is 2. The molecule has 1 saturated heterocycles. The summed E-state index contributed by atoms with van der Waals surface area (Å²) < 4.78 is 5.97. The fraction of sp³-hybridized carbons (Fsp3) is 1.00. The van der Waals surface area contributed by atoms with E-state index in [1.807, 2.05) is 0 Å². The predicted molar refractivity (Wildman–Crippen MR) is 75.9 cm³/mol. The predicted octanol–water partition coefficient (Wildman–Crippen LogP) is 2.27. The van der Waals surface area contributed by atoms with Crippen molar-refractivity contribution in [2.45, 2.75) is 57.6 Å². The summed E-state index contributed by atoms with van der Waals surface area (Å²) in [4.78, 5) is 2.51. The van der Waals surface area contributed by atoms with E-state index in [1.54, 1.807) is 0 Å². The quantitative estimate of drug-likeness (QED) is 0.787. The second-order valence-electron chi connectivity index (χ2n) is 5.93. The largest absolute Gasteiger partial charge is 0.374 e. The van der Waals surface area contributed by atoms with Gasteiger partial charge in [0.2, 0.25) is 0 Å². The van der Waals surface area contributed by atoms with E-state index in [4.69, 9.17) is 4.74 Å². The van der Waals surface area contributed by atoms with Crippen molar-refractivity contribution in [3.8, 4) is 0 Å². The molecule has 2 fully saturated rings. The number of nitrogens with zero attached hydrogens (tertiary/aromatic N) is 1. The van der Waals surface area contributed by atoms with Gasteiger partial charge in [-0.3, -0.25) is 4.90 Å². The minimum absolute atomic E-state index is 0.394. The minimum Gasteiger partial charge on any atom is -0.374 e. The van der Waals surface area contributed by atoms with Gasteiger partial charge < -0.3 is 10.1 Å². The van der Waals surface area contributed by atoms with Gasteiger partial charge in [0.05, 0.1) is 12.7 Å². The molecule has 18 heavy (non-hydrogen) atoms. The molecule has 0 radical (unpaired) electrons. The van der Waals surface area contributed by atoms with Gasteiger partial charge in [-0.05, 0) is 32.4 Å². The van der Waals surface area contributed by atoms with Gasteiger partial charge in [0.1, 0.15) is 0 Å². The lowest BCUT2D eigenvalue weighted by Crippen LogP contribution is -2.51. The van der Waals surface area contributed by atoms with E-state index in [9.17, 15) is 0 Å². The first-order chi connectivity index (χ1) is 8.83. The van der Waals surface area contributed by atoms with Crippen LogP contribution in [0.25, 0.3) is 0 Å². The number of ether oxygens (including phenoxy) is 1. The first-order valence-corrected chi connectivity index (χ1v) is 7.84. The van der Waals surface area contributed by atoms with E-state index in [0.717, 1.165) is 32.2 Å². The Morgan fingerprint density at radius 1 is 1.33 bits per heavy atom. The van der Waals surface area contributed by atoms with Crippen molar-refractivity contribution in [2.24, 2.45) is 5.92 Å². The number of hydrogen-bond acceptors (Lipinski definition) is 3. The van der Waals surface area contributed by atoms with Crippen LogP contribution in [0.1, 0.15) is 45.4 Å². The summed E-state index contributed by atoms with van der Waals surface area (Å²) in [6, 6.07) is 0.542. The van der Waals surface area contributed by atoms with Crippen molar-refractivity contribution < 1.29 is 4.74 Å². The highest BCUT2D eigenvalue weighted by atomic mass is 16.5. The van der Waals surface area contributed by atoms with Crippen LogP contribution in [-0.4, -0.2) is 50.3 Å². The van der Waals surface area contributed by atoms with E-state index < -0.39 is 0 Å². The van der Waals surface area contributed by atoms with Crippen LogP contribution in [0.3, 0.4) is 0 Å². The third kappa shape index (κ3) is 3.94. The van der Waals surface area contributed by atoms with E-state index in [1.165, 1.54) is 38.5 Å². The van der Waals surface area contributed by atoms with Crippen LogP contribution in [0, 0.1) is 5.92 Å². The molecule has 0 aromatic carbocycles. The van der Waals surface area contributed by atoms with Crippen molar-refractivity contribution in [1.29, 1.82) is 0 Å². The maximum absolute atomic E-state index is 5.97. The van der Waals surface area contributed by atoms with Crippen molar-refractivity contribution in [2.75, 3.05) is 33.3 Å². The monoisotopic (exact) mass is 254 g/mol. The summed E-state index contributed by atoms with van der Waals surface area (Å²) in [5.41, 5.74) is 0. The molecule has 0 amide bonds. The first kappa shape index (κ1) is 14.3. The summed E-state index contributed by atoms with van der Waals surface area (Å²) in [6.45, 7) is 6.51. The number of rotatable bonds is 6. The van der Waals surface area contributed by atoms with Crippen molar-refractivity contribution >= 4 is 0 Å². The maximum atomic E-state index is 5.97. The SMILES string of the molecule is CCN1CCOC(C(CCC2CCCC2)NC)C1. The molecule has 1 N–H and O–H groups in total. The second-order valence-corrected chi connectivity index (χ2v) is 5.93. The van der Waals surface area contributed by atoms with E-state index in [0.29, 0.717) is 12.1 Å². The molecule has 2 aliphatic rings. The molecule has 3 nitrogen and oxygen atoms in total. The lowest BCUT2D eigenvalue weighted by Gasteiger charge is -2.36. The molecule has 2 unspecified atom stereocenters. The average molecular weight is 254 g/mol. The molecular weight excluding hydrogens is 224 g/mol. The fourth-order valence-corrected chi connectivity index (χ4v) is 3.49. The molecule has 106 valence electrons. The summed E-state index contributed by atoms with van der Waals surface area (Å²) in [7, 11) is 2.09. The smallest absolute Gasteiger partial charge is 0.0855 e. The lowest BCUT2D eigenvalue weighted by atomic mass is 9.95. The van der Waals surface area contributed by atoms with Gasteiger partial charge in [-0.2, -0.15) is 0 Å². The molecule has 1 saturated carbocycles. The second kappa shape index (κ2) is 7.46. The van der Waals surface area contributed by atoms with Crippen LogP contribution >= 0.6 is 0 Å². The zero-order valence-electron chi connectivity index (χ0n) is 12.2. The highest BCUT2D eigenvalue weighted by Crippen LogP contribution is 2.29. The van der Waals surface area contributed by atoms with Crippen LogP contribution in [0.5, 0.6) is 0 Å². The zero-order valence-corrected chi connectivity index (χ0v) is 12.2. The molecule has 2 rings (SSSR count). The van der Waals surface area contributed by atoms with Gasteiger partial charge in [0.25, 0.3) is 0 Å². The summed E-state index contributed by atoms with van der Waals surface area (Å²) in [6.07, 6.45) is 8.90. The summed E-state index contributed by atoms with van der Waals surface area (Å²) >= 11 is 0. The standard InChI is InChI=1S/C15H30N2O/c1-3-17-10-11-18-15(12-17)14(16-2)9-8-13-6-4-5-7-13/h13-16H,3-12H2,1-2H3. The molecule has 1 heterocycles. The maximum Gasteiger partial charge on any atom is 0.0855 e.